The van der Waals surface area contributed by atoms with Crippen molar-refractivity contribution in [1.29, 1.82) is 0 Å². The standard InChI is InChI=1S/C19H19N5O2S/c1-3-12-24-18(14-8-10-20-11-9-14)22-23-19(24)27-13-17(25)21-15-6-4-5-7-16(15)26-2/h3-11H,1,12-13H2,2H3,(H,21,25). The summed E-state index contributed by atoms with van der Waals surface area (Å²) in [6.45, 7) is 4.33. The molecular weight excluding hydrogens is 362 g/mol. The maximum Gasteiger partial charge on any atom is 0.234 e. The van der Waals surface area contributed by atoms with Gasteiger partial charge in [-0.15, -0.1) is 16.8 Å². The van der Waals surface area contributed by atoms with Gasteiger partial charge < -0.3 is 10.1 Å². The molecule has 0 atom stereocenters. The summed E-state index contributed by atoms with van der Waals surface area (Å²) in [5.41, 5.74) is 1.54. The normalized spacial score (nSPS) is 10.4. The van der Waals surface area contributed by atoms with Crippen LogP contribution in [0.2, 0.25) is 0 Å². The Balaban J connectivity index is 1.71. The zero-order valence-electron chi connectivity index (χ0n) is 14.8. The highest BCUT2D eigenvalue weighted by atomic mass is 32.2. The molecule has 0 aliphatic heterocycles. The number of para-hydroxylation sites is 2. The van der Waals surface area contributed by atoms with Crippen molar-refractivity contribution in [3.8, 4) is 17.1 Å². The number of nitrogens with one attached hydrogen (secondary N) is 1. The van der Waals surface area contributed by atoms with Gasteiger partial charge in [0.15, 0.2) is 11.0 Å². The molecule has 138 valence electrons. The third-order valence-electron chi connectivity index (χ3n) is 3.68. The monoisotopic (exact) mass is 381 g/mol. The number of methoxy groups -OCH3 is 1. The first kappa shape index (κ1) is 18.7. The lowest BCUT2D eigenvalue weighted by Crippen LogP contribution is -2.15. The minimum absolute atomic E-state index is 0.150. The van der Waals surface area contributed by atoms with Crippen molar-refractivity contribution in [2.24, 2.45) is 0 Å². The molecule has 0 aliphatic carbocycles. The number of amides is 1. The number of benzene rings is 1. The maximum atomic E-state index is 12.3. The van der Waals surface area contributed by atoms with Crippen molar-refractivity contribution >= 4 is 23.4 Å². The third-order valence-corrected chi connectivity index (χ3v) is 4.65. The van der Waals surface area contributed by atoms with Crippen LogP contribution < -0.4 is 10.1 Å². The number of carbonyl (C=O) groups excluding carboxylic acids is 1. The van der Waals surface area contributed by atoms with Crippen molar-refractivity contribution in [3.05, 3.63) is 61.4 Å². The maximum absolute atomic E-state index is 12.3. The van der Waals surface area contributed by atoms with Gasteiger partial charge in [0.05, 0.1) is 18.6 Å². The molecule has 0 saturated heterocycles. The predicted octanol–water partition coefficient (Wildman–Crippen LogP) is 3.27. The van der Waals surface area contributed by atoms with E-state index < -0.39 is 0 Å². The number of thioether (sulfide) groups is 1. The van der Waals surface area contributed by atoms with Crippen LogP contribution in [0.1, 0.15) is 0 Å². The zero-order chi connectivity index (χ0) is 19.1. The molecule has 27 heavy (non-hydrogen) atoms. The smallest absolute Gasteiger partial charge is 0.234 e. The molecule has 1 amide bonds. The van der Waals surface area contributed by atoms with Crippen LogP contribution in [0.15, 0.2) is 66.6 Å². The van der Waals surface area contributed by atoms with Gasteiger partial charge in [0.25, 0.3) is 0 Å². The highest BCUT2D eigenvalue weighted by Crippen LogP contribution is 2.25. The number of anilines is 1. The fraction of sp³-hybridized carbons (Fsp3) is 0.158. The first-order chi connectivity index (χ1) is 13.2. The second kappa shape index (κ2) is 9.00. The van der Waals surface area contributed by atoms with Crippen molar-refractivity contribution in [2.75, 3.05) is 18.2 Å². The Hall–Kier alpha value is -3.13. The average molecular weight is 381 g/mol. The molecule has 1 aromatic carbocycles. The Morgan fingerprint density at radius 1 is 1.26 bits per heavy atom. The van der Waals surface area contributed by atoms with Crippen molar-refractivity contribution in [1.82, 2.24) is 19.7 Å². The van der Waals surface area contributed by atoms with E-state index in [-0.39, 0.29) is 11.7 Å². The number of nitrogens with zero attached hydrogens (tertiary/aromatic N) is 4. The fourth-order valence-corrected chi connectivity index (χ4v) is 3.22. The Bertz CT molecular complexity index is 927. The van der Waals surface area contributed by atoms with Crippen LogP contribution in [0.5, 0.6) is 5.75 Å². The summed E-state index contributed by atoms with van der Waals surface area (Å²) in [6.07, 6.45) is 5.18. The van der Waals surface area contributed by atoms with E-state index in [0.29, 0.717) is 29.0 Å². The fourth-order valence-electron chi connectivity index (χ4n) is 2.47. The SMILES string of the molecule is C=CCn1c(SCC(=O)Nc2ccccc2OC)nnc1-c1ccncc1. The number of carbonyl (C=O) groups is 1. The molecule has 0 saturated carbocycles. The molecular formula is C19H19N5O2S. The van der Waals surface area contributed by atoms with Gasteiger partial charge in [0, 0.05) is 24.5 Å². The molecule has 3 rings (SSSR count). The quantitative estimate of drug-likeness (QED) is 0.476. The van der Waals surface area contributed by atoms with E-state index >= 15 is 0 Å². The Kier molecular flexibility index (Phi) is 6.22. The summed E-state index contributed by atoms with van der Waals surface area (Å²) in [5.74, 6) is 1.38. The summed E-state index contributed by atoms with van der Waals surface area (Å²) < 4.78 is 7.17. The van der Waals surface area contributed by atoms with Gasteiger partial charge in [-0.05, 0) is 24.3 Å². The predicted molar refractivity (Wildman–Crippen MR) is 106 cm³/mol. The second-order valence-corrected chi connectivity index (χ2v) is 6.42. The molecule has 7 nitrogen and oxygen atoms in total. The minimum Gasteiger partial charge on any atom is -0.495 e. The molecule has 0 fully saturated rings. The van der Waals surface area contributed by atoms with Gasteiger partial charge in [-0.2, -0.15) is 0 Å². The third kappa shape index (κ3) is 4.53. The lowest BCUT2D eigenvalue weighted by Gasteiger charge is -2.10. The summed E-state index contributed by atoms with van der Waals surface area (Å²) in [4.78, 5) is 16.3. The Labute approximate surface area is 161 Å². The van der Waals surface area contributed by atoms with E-state index in [4.69, 9.17) is 4.74 Å². The van der Waals surface area contributed by atoms with Gasteiger partial charge in [0.2, 0.25) is 5.91 Å². The molecule has 0 radical (unpaired) electrons. The lowest BCUT2D eigenvalue weighted by molar-refractivity contribution is -0.113. The van der Waals surface area contributed by atoms with Gasteiger partial charge in [-0.3, -0.25) is 14.3 Å². The van der Waals surface area contributed by atoms with E-state index in [2.05, 4.69) is 27.1 Å². The number of allylic oxidation sites excluding steroid dienone is 1. The van der Waals surface area contributed by atoms with Gasteiger partial charge in [0.1, 0.15) is 5.75 Å². The Morgan fingerprint density at radius 3 is 2.78 bits per heavy atom. The van der Waals surface area contributed by atoms with Crippen LogP contribution in [0, 0.1) is 0 Å². The molecule has 0 unspecified atom stereocenters. The minimum atomic E-state index is -0.150. The molecule has 3 aromatic rings. The van der Waals surface area contributed by atoms with Crippen LogP contribution in [-0.2, 0) is 11.3 Å². The number of rotatable bonds is 8. The number of hydrogen-bond acceptors (Lipinski definition) is 6. The first-order valence-corrected chi connectivity index (χ1v) is 9.21. The summed E-state index contributed by atoms with van der Waals surface area (Å²) in [6, 6.07) is 11.0. The molecule has 2 aromatic heterocycles. The molecule has 2 heterocycles. The van der Waals surface area contributed by atoms with Crippen LogP contribution in [0.3, 0.4) is 0 Å². The first-order valence-electron chi connectivity index (χ1n) is 8.23. The number of aromatic nitrogens is 4. The van der Waals surface area contributed by atoms with E-state index in [9.17, 15) is 4.79 Å². The van der Waals surface area contributed by atoms with Crippen LogP contribution >= 0.6 is 11.8 Å². The van der Waals surface area contributed by atoms with Crippen molar-refractivity contribution in [3.63, 3.8) is 0 Å². The summed E-state index contributed by atoms with van der Waals surface area (Å²) in [7, 11) is 1.57. The number of hydrogen-bond donors (Lipinski definition) is 1. The van der Waals surface area contributed by atoms with E-state index in [1.54, 1.807) is 37.7 Å². The van der Waals surface area contributed by atoms with Gasteiger partial charge in [-0.25, -0.2) is 0 Å². The van der Waals surface area contributed by atoms with E-state index in [0.717, 1.165) is 5.56 Å². The van der Waals surface area contributed by atoms with E-state index in [1.165, 1.54) is 11.8 Å². The molecule has 0 spiro atoms. The van der Waals surface area contributed by atoms with Gasteiger partial charge in [-0.1, -0.05) is 30.0 Å². The Morgan fingerprint density at radius 2 is 2.04 bits per heavy atom. The highest BCUT2D eigenvalue weighted by Gasteiger charge is 2.15. The average Bonchev–Trinajstić information content (AvgIpc) is 3.10. The summed E-state index contributed by atoms with van der Waals surface area (Å²) in [5, 5.41) is 12.0. The van der Waals surface area contributed by atoms with Crippen LogP contribution in [-0.4, -0.2) is 38.5 Å². The lowest BCUT2D eigenvalue weighted by atomic mass is 10.2. The summed E-state index contributed by atoms with van der Waals surface area (Å²) >= 11 is 1.32. The van der Waals surface area contributed by atoms with Crippen LogP contribution in [0.4, 0.5) is 5.69 Å². The molecule has 0 aliphatic rings. The van der Waals surface area contributed by atoms with Gasteiger partial charge >= 0.3 is 0 Å². The molecule has 1 N–H and O–H groups in total. The second-order valence-electron chi connectivity index (χ2n) is 5.48. The van der Waals surface area contributed by atoms with Crippen molar-refractivity contribution in [2.45, 2.75) is 11.7 Å². The molecule has 0 bridgehead atoms. The largest absolute Gasteiger partial charge is 0.495 e. The number of ether oxygens (including phenoxy) is 1. The van der Waals surface area contributed by atoms with Crippen molar-refractivity contribution < 1.29 is 9.53 Å². The number of pyridine rings is 1. The molecule has 8 heteroatoms. The highest BCUT2D eigenvalue weighted by molar-refractivity contribution is 7.99. The van der Waals surface area contributed by atoms with E-state index in [1.807, 2.05) is 28.8 Å². The zero-order valence-corrected chi connectivity index (χ0v) is 15.6. The topological polar surface area (TPSA) is 81.9 Å². The van der Waals surface area contributed by atoms with Crippen LogP contribution in [0.25, 0.3) is 11.4 Å².